The third-order valence-corrected chi connectivity index (χ3v) is 4.14. The van der Waals surface area contributed by atoms with E-state index in [1.165, 1.54) is 4.90 Å². The number of nitrogens with zero attached hydrogens (tertiary/aromatic N) is 2. The van der Waals surface area contributed by atoms with Crippen molar-refractivity contribution in [1.82, 2.24) is 9.78 Å². The minimum absolute atomic E-state index is 0.0103. The summed E-state index contributed by atoms with van der Waals surface area (Å²) >= 11 is 5.18. The van der Waals surface area contributed by atoms with E-state index in [4.69, 9.17) is 5.73 Å². The zero-order valence-electron chi connectivity index (χ0n) is 9.51. The van der Waals surface area contributed by atoms with Crippen LogP contribution >= 0.6 is 27.7 Å². The molecule has 5 heteroatoms. The number of hydrogen-bond acceptors (Lipinski definition) is 3. The highest BCUT2D eigenvalue weighted by molar-refractivity contribution is 9.10. The summed E-state index contributed by atoms with van der Waals surface area (Å²) in [6.45, 7) is 0. The molecule has 2 N–H and O–H groups in total. The van der Waals surface area contributed by atoms with E-state index < -0.39 is 0 Å². The molecule has 1 unspecified atom stereocenters. The lowest BCUT2D eigenvalue weighted by atomic mass is 10.2. The summed E-state index contributed by atoms with van der Waals surface area (Å²) in [4.78, 5) is 1.23. The molecule has 0 spiro atoms. The number of thioether (sulfide) groups is 1. The van der Waals surface area contributed by atoms with E-state index in [1.54, 1.807) is 18.0 Å². The van der Waals surface area contributed by atoms with E-state index in [0.29, 0.717) is 0 Å². The first-order valence-corrected chi connectivity index (χ1v) is 7.06. The third-order valence-electron chi connectivity index (χ3n) is 2.48. The normalized spacial score (nSPS) is 12.6. The van der Waals surface area contributed by atoms with Crippen LogP contribution in [0.1, 0.15) is 11.7 Å². The number of hydrogen-bond donors (Lipinski definition) is 1. The molecule has 0 bridgehead atoms. The molecule has 0 saturated carbocycles. The summed E-state index contributed by atoms with van der Waals surface area (Å²) in [5, 5.41) is 4.13. The van der Waals surface area contributed by atoms with Crippen molar-refractivity contribution < 1.29 is 0 Å². The predicted octanol–water partition coefficient (Wildman–Crippen LogP) is 2.97. The largest absolute Gasteiger partial charge is 0.322 e. The van der Waals surface area contributed by atoms with Gasteiger partial charge in [-0.1, -0.05) is 15.9 Å². The first-order valence-electron chi connectivity index (χ1n) is 5.28. The SMILES string of the molecule is Cn1nccc1C(N)CSc1ccc(Br)cc1. The van der Waals surface area contributed by atoms with Gasteiger partial charge < -0.3 is 5.73 Å². The van der Waals surface area contributed by atoms with E-state index in [0.717, 1.165) is 15.9 Å². The topological polar surface area (TPSA) is 43.8 Å². The van der Waals surface area contributed by atoms with Gasteiger partial charge in [0.05, 0.1) is 11.7 Å². The fourth-order valence-corrected chi connectivity index (χ4v) is 2.69. The van der Waals surface area contributed by atoms with Crippen molar-refractivity contribution in [2.75, 3.05) is 5.75 Å². The van der Waals surface area contributed by atoms with Crippen molar-refractivity contribution in [3.05, 3.63) is 46.7 Å². The second kappa shape index (κ2) is 5.71. The Bertz CT molecular complexity index is 481. The number of nitrogens with two attached hydrogens (primary N) is 1. The molecule has 0 fully saturated rings. The highest BCUT2D eigenvalue weighted by Gasteiger charge is 2.10. The lowest BCUT2D eigenvalue weighted by molar-refractivity contribution is 0.659. The maximum absolute atomic E-state index is 6.13. The molecule has 1 heterocycles. The molecule has 1 aromatic heterocycles. The molecular weight excluding hydrogens is 298 g/mol. The maximum Gasteiger partial charge on any atom is 0.0562 e. The van der Waals surface area contributed by atoms with Crippen LogP contribution < -0.4 is 5.73 Å². The maximum atomic E-state index is 6.13. The van der Waals surface area contributed by atoms with E-state index in [-0.39, 0.29) is 6.04 Å². The van der Waals surface area contributed by atoms with Crippen LogP contribution in [0.5, 0.6) is 0 Å². The van der Waals surface area contributed by atoms with Crippen LogP contribution in [-0.4, -0.2) is 15.5 Å². The van der Waals surface area contributed by atoms with Gasteiger partial charge in [0.15, 0.2) is 0 Å². The second-order valence-electron chi connectivity index (χ2n) is 3.75. The minimum Gasteiger partial charge on any atom is -0.322 e. The summed E-state index contributed by atoms with van der Waals surface area (Å²) in [5.74, 6) is 0.848. The quantitative estimate of drug-likeness (QED) is 0.883. The Kier molecular flexibility index (Phi) is 4.25. The van der Waals surface area contributed by atoms with Crippen molar-refractivity contribution in [3.63, 3.8) is 0 Å². The van der Waals surface area contributed by atoms with Gasteiger partial charge in [-0.3, -0.25) is 4.68 Å². The predicted molar refractivity (Wildman–Crippen MR) is 75.0 cm³/mol. The molecule has 0 aliphatic heterocycles. The second-order valence-corrected chi connectivity index (χ2v) is 5.76. The summed E-state index contributed by atoms with van der Waals surface area (Å²) in [5.41, 5.74) is 7.19. The van der Waals surface area contributed by atoms with Gasteiger partial charge in [-0.2, -0.15) is 5.10 Å². The van der Waals surface area contributed by atoms with Gasteiger partial charge in [-0.25, -0.2) is 0 Å². The Labute approximate surface area is 114 Å². The van der Waals surface area contributed by atoms with Crippen molar-refractivity contribution in [2.45, 2.75) is 10.9 Å². The van der Waals surface area contributed by atoms with Crippen LogP contribution in [0.15, 0.2) is 45.9 Å². The molecule has 1 atom stereocenters. The summed E-state index contributed by atoms with van der Waals surface area (Å²) in [6, 6.07) is 10.2. The molecular formula is C12H14BrN3S. The van der Waals surface area contributed by atoms with Gasteiger partial charge in [-0.05, 0) is 30.3 Å². The van der Waals surface area contributed by atoms with Crippen LogP contribution in [0.25, 0.3) is 0 Å². The average Bonchev–Trinajstić information content (AvgIpc) is 2.74. The Morgan fingerprint density at radius 2 is 2.06 bits per heavy atom. The van der Waals surface area contributed by atoms with E-state index in [2.05, 4.69) is 33.2 Å². The minimum atomic E-state index is 0.0103. The number of aryl methyl sites for hydroxylation is 1. The Balaban J connectivity index is 1.94. The standard InChI is InChI=1S/C12H14BrN3S/c1-16-12(6-7-15-16)11(14)8-17-10-4-2-9(13)3-5-10/h2-7,11H,8,14H2,1H3. The summed E-state index contributed by atoms with van der Waals surface area (Å²) < 4.78 is 2.92. The molecule has 3 nitrogen and oxygen atoms in total. The molecule has 0 aliphatic carbocycles. The van der Waals surface area contributed by atoms with Crippen molar-refractivity contribution in [1.29, 1.82) is 0 Å². The third kappa shape index (κ3) is 3.34. The van der Waals surface area contributed by atoms with Crippen LogP contribution in [-0.2, 0) is 7.05 Å². The van der Waals surface area contributed by atoms with Gasteiger partial charge in [0.1, 0.15) is 0 Å². The number of rotatable bonds is 4. The smallest absolute Gasteiger partial charge is 0.0562 e. The molecule has 0 saturated heterocycles. The zero-order chi connectivity index (χ0) is 12.3. The fourth-order valence-electron chi connectivity index (χ4n) is 1.55. The molecule has 0 aliphatic rings. The zero-order valence-corrected chi connectivity index (χ0v) is 11.9. The van der Waals surface area contributed by atoms with E-state index >= 15 is 0 Å². The van der Waals surface area contributed by atoms with Gasteiger partial charge >= 0.3 is 0 Å². The fraction of sp³-hybridized carbons (Fsp3) is 0.250. The lowest BCUT2D eigenvalue weighted by Gasteiger charge is -2.11. The summed E-state index contributed by atoms with van der Waals surface area (Å²) in [6.07, 6.45) is 1.78. The van der Waals surface area contributed by atoms with Crippen LogP contribution in [0, 0.1) is 0 Å². The Morgan fingerprint density at radius 1 is 1.35 bits per heavy atom. The van der Waals surface area contributed by atoms with Crippen molar-refractivity contribution >= 4 is 27.7 Å². The van der Waals surface area contributed by atoms with Gasteiger partial charge in [0.2, 0.25) is 0 Å². The monoisotopic (exact) mass is 311 g/mol. The van der Waals surface area contributed by atoms with Crippen molar-refractivity contribution in [2.24, 2.45) is 12.8 Å². The highest BCUT2D eigenvalue weighted by Crippen LogP contribution is 2.24. The van der Waals surface area contributed by atoms with Crippen LogP contribution in [0.4, 0.5) is 0 Å². The molecule has 17 heavy (non-hydrogen) atoms. The number of halogens is 1. The van der Waals surface area contributed by atoms with Gasteiger partial charge in [0.25, 0.3) is 0 Å². The number of benzene rings is 1. The Hall–Kier alpha value is -0.780. The first-order chi connectivity index (χ1) is 8.16. The molecule has 2 rings (SSSR count). The molecule has 2 aromatic rings. The molecule has 0 radical (unpaired) electrons. The van der Waals surface area contributed by atoms with E-state index in [1.807, 2.05) is 29.9 Å². The van der Waals surface area contributed by atoms with Gasteiger partial charge in [-0.15, -0.1) is 11.8 Å². The number of aromatic nitrogens is 2. The first kappa shape index (κ1) is 12.7. The van der Waals surface area contributed by atoms with Crippen molar-refractivity contribution in [3.8, 4) is 0 Å². The lowest BCUT2D eigenvalue weighted by Crippen LogP contribution is -2.16. The van der Waals surface area contributed by atoms with Crippen LogP contribution in [0.3, 0.4) is 0 Å². The molecule has 90 valence electrons. The van der Waals surface area contributed by atoms with E-state index in [9.17, 15) is 0 Å². The Morgan fingerprint density at radius 3 is 2.65 bits per heavy atom. The molecule has 0 amide bonds. The van der Waals surface area contributed by atoms with Gasteiger partial charge in [0, 0.05) is 28.4 Å². The molecule has 1 aromatic carbocycles. The average molecular weight is 312 g/mol. The summed E-state index contributed by atoms with van der Waals surface area (Å²) in [7, 11) is 1.92. The highest BCUT2D eigenvalue weighted by atomic mass is 79.9. The van der Waals surface area contributed by atoms with Crippen LogP contribution in [0.2, 0.25) is 0 Å².